The summed E-state index contributed by atoms with van der Waals surface area (Å²) < 4.78 is 0. The smallest absolute Gasteiger partial charge is 0.0431 e. The van der Waals surface area contributed by atoms with Crippen LogP contribution in [0.3, 0.4) is 0 Å². The molecule has 25 heavy (non-hydrogen) atoms. The Morgan fingerprint density at radius 2 is 0.520 bits per heavy atom. The van der Waals surface area contributed by atoms with Crippen LogP contribution in [0.4, 0.5) is 0 Å². The summed E-state index contributed by atoms with van der Waals surface area (Å²) in [7, 11) is 0. The van der Waals surface area contributed by atoms with Crippen LogP contribution in [0.15, 0.2) is 0 Å². The fourth-order valence-electron chi connectivity index (χ4n) is 3.16. The molecule has 1 N–H and O–H groups in total. The van der Waals surface area contributed by atoms with E-state index >= 15 is 0 Å². The van der Waals surface area contributed by atoms with Crippen molar-refractivity contribution in [2.45, 2.75) is 149 Å². The van der Waals surface area contributed by atoms with Crippen LogP contribution in [0, 0.1) is 0 Å². The third-order valence-corrected chi connectivity index (χ3v) is 4.97. The van der Waals surface area contributed by atoms with Crippen LogP contribution < -0.4 is 0 Å². The van der Waals surface area contributed by atoms with E-state index in [1.54, 1.807) is 0 Å². The first-order valence-corrected chi connectivity index (χ1v) is 11.9. The Hall–Kier alpha value is -0.0400. The lowest BCUT2D eigenvalue weighted by molar-refractivity contribution is 0.282. The molecule has 0 saturated carbocycles. The van der Waals surface area contributed by atoms with Gasteiger partial charge in [-0.25, -0.2) is 0 Å². The van der Waals surface area contributed by atoms with Gasteiger partial charge in [-0.15, -0.1) is 0 Å². The Balaban J connectivity index is 0. The zero-order chi connectivity index (χ0) is 18.8. The summed E-state index contributed by atoms with van der Waals surface area (Å²) >= 11 is 0. The standard InChI is InChI=1S/C12H26O.C12H26/c1-2-3-4-5-6-7-8-9-10-11-12-13;1-3-5-7-9-11-12-10-8-6-4-2/h13H,2-12H2,1H3;3-12H2,1-2H3. The minimum Gasteiger partial charge on any atom is -0.396 e. The van der Waals surface area contributed by atoms with E-state index in [2.05, 4.69) is 20.8 Å². The van der Waals surface area contributed by atoms with Gasteiger partial charge in [-0.05, 0) is 6.42 Å². The maximum Gasteiger partial charge on any atom is 0.0431 e. The van der Waals surface area contributed by atoms with Crippen molar-refractivity contribution in [1.82, 2.24) is 0 Å². The van der Waals surface area contributed by atoms with Crippen molar-refractivity contribution in [3.05, 3.63) is 0 Å². The van der Waals surface area contributed by atoms with Crippen LogP contribution in [0.2, 0.25) is 0 Å². The predicted molar refractivity (Wildman–Crippen MR) is 116 cm³/mol. The van der Waals surface area contributed by atoms with E-state index in [0.717, 1.165) is 6.42 Å². The quantitative estimate of drug-likeness (QED) is 0.229. The van der Waals surface area contributed by atoms with Crippen molar-refractivity contribution in [1.29, 1.82) is 0 Å². The minimum atomic E-state index is 0.372. The Bertz CT molecular complexity index is 171. The summed E-state index contributed by atoms with van der Waals surface area (Å²) in [6, 6.07) is 0. The molecule has 0 bridgehead atoms. The molecular formula is C24H52O. The third kappa shape index (κ3) is 32.1. The third-order valence-electron chi connectivity index (χ3n) is 4.97. The molecule has 0 radical (unpaired) electrons. The Kier molecular flexibility index (Phi) is 31.3. The second-order valence-corrected chi connectivity index (χ2v) is 7.73. The van der Waals surface area contributed by atoms with Crippen LogP contribution in [-0.4, -0.2) is 11.7 Å². The van der Waals surface area contributed by atoms with Crippen LogP contribution >= 0.6 is 0 Å². The normalized spacial score (nSPS) is 10.6. The summed E-state index contributed by atoms with van der Waals surface area (Å²) in [5, 5.41) is 8.57. The van der Waals surface area contributed by atoms with Crippen molar-refractivity contribution in [2.75, 3.05) is 6.61 Å². The minimum absolute atomic E-state index is 0.372. The fraction of sp³-hybridized carbons (Fsp3) is 1.00. The van der Waals surface area contributed by atoms with Gasteiger partial charge in [0.2, 0.25) is 0 Å². The predicted octanol–water partition coefficient (Wildman–Crippen LogP) is 8.83. The average Bonchev–Trinajstić information content (AvgIpc) is 2.63. The van der Waals surface area contributed by atoms with E-state index in [-0.39, 0.29) is 0 Å². The van der Waals surface area contributed by atoms with E-state index in [1.165, 1.54) is 122 Å². The molecule has 0 aliphatic rings. The lowest BCUT2D eigenvalue weighted by Crippen LogP contribution is -1.84. The molecule has 0 aliphatic carbocycles. The first kappa shape index (κ1) is 27.2. The highest BCUT2D eigenvalue weighted by Gasteiger charge is 1.91. The maximum atomic E-state index is 8.57. The molecule has 0 aliphatic heterocycles. The van der Waals surface area contributed by atoms with Gasteiger partial charge in [0.15, 0.2) is 0 Å². The Morgan fingerprint density at radius 3 is 0.720 bits per heavy atom. The highest BCUT2D eigenvalue weighted by atomic mass is 16.2. The van der Waals surface area contributed by atoms with E-state index in [0.29, 0.717) is 6.61 Å². The molecule has 1 heteroatoms. The monoisotopic (exact) mass is 356 g/mol. The van der Waals surface area contributed by atoms with E-state index in [4.69, 9.17) is 5.11 Å². The van der Waals surface area contributed by atoms with Crippen molar-refractivity contribution in [3.8, 4) is 0 Å². The first-order chi connectivity index (χ1) is 12.3. The van der Waals surface area contributed by atoms with Crippen LogP contribution in [0.5, 0.6) is 0 Å². The van der Waals surface area contributed by atoms with Gasteiger partial charge in [0.1, 0.15) is 0 Å². The molecule has 1 nitrogen and oxygen atoms in total. The van der Waals surface area contributed by atoms with Gasteiger partial charge >= 0.3 is 0 Å². The number of hydrogen-bond donors (Lipinski definition) is 1. The molecule has 0 aromatic heterocycles. The van der Waals surface area contributed by atoms with Crippen LogP contribution in [0.25, 0.3) is 0 Å². The largest absolute Gasteiger partial charge is 0.396 e. The molecule has 0 amide bonds. The average molecular weight is 357 g/mol. The fourth-order valence-corrected chi connectivity index (χ4v) is 3.16. The molecule has 0 spiro atoms. The first-order valence-electron chi connectivity index (χ1n) is 11.9. The topological polar surface area (TPSA) is 20.2 Å². The summed E-state index contributed by atoms with van der Waals surface area (Å²) in [4.78, 5) is 0. The van der Waals surface area contributed by atoms with E-state index < -0.39 is 0 Å². The number of aliphatic hydroxyl groups is 1. The Labute approximate surface area is 161 Å². The molecule has 0 fully saturated rings. The zero-order valence-electron chi connectivity index (χ0n) is 18.3. The molecular weight excluding hydrogens is 304 g/mol. The number of hydrogen-bond acceptors (Lipinski definition) is 1. The van der Waals surface area contributed by atoms with Gasteiger partial charge in [0, 0.05) is 6.61 Å². The van der Waals surface area contributed by atoms with E-state index in [1.807, 2.05) is 0 Å². The van der Waals surface area contributed by atoms with Crippen molar-refractivity contribution in [2.24, 2.45) is 0 Å². The number of rotatable bonds is 19. The summed E-state index contributed by atoms with van der Waals surface area (Å²) in [6.45, 7) is 7.19. The number of aliphatic hydroxyl groups excluding tert-OH is 1. The van der Waals surface area contributed by atoms with Gasteiger partial charge in [0.25, 0.3) is 0 Å². The summed E-state index contributed by atoms with van der Waals surface area (Å²) in [5.74, 6) is 0. The zero-order valence-corrected chi connectivity index (χ0v) is 18.3. The summed E-state index contributed by atoms with van der Waals surface area (Å²) in [6.07, 6.45) is 27.7. The molecule has 0 aromatic rings. The molecule has 0 atom stereocenters. The molecule has 154 valence electrons. The van der Waals surface area contributed by atoms with Crippen molar-refractivity contribution < 1.29 is 5.11 Å². The molecule has 0 aromatic carbocycles. The SMILES string of the molecule is CCCCCCCCCCCC.CCCCCCCCCCCCO. The van der Waals surface area contributed by atoms with Gasteiger partial charge in [-0.3, -0.25) is 0 Å². The highest BCUT2D eigenvalue weighted by molar-refractivity contribution is 4.47. The van der Waals surface area contributed by atoms with Gasteiger partial charge < -0.3 is 5.11 Å². The van der Waals surface area contributed by atoms with Gasteiger partial charge in [0.05, 0.1) is 0 Å². The van der Waals surface area contributed by atoms with Crippen molar-refractivity contribution >= 4 is 0 Å². The van der Waals surface area contributed by atoms with Crippen LogP contribution in [-0.2, 0) is 0 Å². The molecule has 0 unspecified atom stereocenters. The van der Waals surface area contributed by atoms with Crippen molar-refractivity contribution in [3.63, 3.8) is 0 Å². The second kappa shape index (κ2) is 28.8. The van der Waals surface area contributed by atoms with Gasteiger partial charge in [-0.1, -0.05) is 143 Å². The molecule has 0 saturated heterocycles. The molecule has 0 heterocycles. The maximum absolute atomic E-state index is 8.57. The summed E-state index contributed by atoms with van der Waals surface area (Å²) in [5.41, 5.74) is 0. The lowest BCUT2D eigenvalue weighted by Gasteiger charge is -2.00. The molecule has 0 rings (SSSR count). The second-order valence-electron chi connectivity index (χ2n) is 7.73. The Morgan fingerprint density at radius 1 is 0.320 bits per heavy atom. The van der Waals surface area contributed by atoms with Crippen LogP contribution in [0.1, 0.15) is 149 Å². The van der Waals surface area contributed by atoms with Gasteiger partial charge in [-0.2, -0.15) is 0 Å². The number of unbranched alkanes of at least 4 members (excludes halogenated alkanes) is 18. The van der Waals surface area contributed by atoms with E-state index in [9.17, 15) is 0 Å². The highest BCUT2D eigenvalue weighted by Crippen LogP contribution is 2.10. The lowest BCUT2D eigenvalue weighted by atomic mass is 10.1.